The lowest BCUT2D eigenvalue weighted by atomic mass is 10.1. The minimum absolute atomic E-state index is 0.0471. The van der Waals surface area contributed by atoms with E-state index in [4.69, 9.17) is 5.73 Å². The predicted molar refractivity (Wildman–Crippen MR) is 49.5 cm³/mol. The van der Waals surface area contributed by atoms with Crippen molar-refractivity contribution in [3.05, 3.63) is 0 Å². The summed E-state index contributed by atoms with van der Waals surface area (Å²) in [4.78, 5) is 23.8. The average molecular weight is 201 g/mol. The highest BCUT2D eigenvalue weighted by atomic mass is 16.5. The van der Waals surface area contributed by atoms with Crippen LogP contribution >= 0.6 is 0 Å². The van der Waals surface area contributed by atoms with Crippen LogP contribution in [0.4, 0.5) is 4.79 Å². The van der Waals surface area contributed by atoms with E-state index in [0.717, 1.165) is 6.54 Å². The molecule has 0 aromatic rings. The van der Waals surface area contributed by atoms with E-state index >= 15 is 0 Å². The van der Waals surface area contributed by atoms with Crippen LogP contribution in [-0.2, 0) is 9.53 Å². The molecule has 80 valence electrons. The minimum atomic E-state index is -0.843. The number of primary amides is 1. The highest BCUT2D eigenvalue weighted by Crippen LogP contribution is 2.03. The Morgan fingerprint density at radius 2 is 2.50 bits per heavy atom. The fourth-order valence-corrected chi connectivity index (χ4v) is 1.38. The fourth-order valence-electron chi connectivity index (χ4n) is 1.38. The average Bonchev–Trinajstić information content (AvgIpc) is 2.25. The van der Waals surface area contributed by atoms with Gasteiger partial charge in [0.15, 0.2) is 0 Å². The minimum Gasteiger partial charge on any atom is -0.449 e. The van der Waals surface area contributed by atoms with E-state index in [-0.39, 0.29) is 18.4 Å². The summed E-state index contributed by atoms with van der Waals surface area (Å²) in [6, 6.07) is 0. The second-order valence-corrected chi connectivity index (χ2v) is 3.38. The molecule has 1 aliphatic rings. The van der Waals surface area contributed by atoms with Crippen molar-refractivity contribution < 1.29 is 14.3 Å². The maximum atomic E-state index is 11.4. The molecule has 6 heteroatoms. The van der Waals surface area contributed by atoms with Gasteiger partial charge in [0.25, 0.3) is 0 Å². The summed E-state index contributed by atoms with van der Waals surface area (Å²) in [6.07, 6.45) is -0.843. The molecule has 2 amide bonds. The van der Waals surface area contributed by atoms with Gasteiger partial charge in [-0.2, -0.15) is 0 Å². The Bertz CT molecular complexity index is 232. The van der Waals surface area contributed by atoms with E-state index in [1.807, 2.05) is 11.9 Å². The van der Waals surface area contributed by atoms with Gasteiger partial charge in [-0.25, -0.2) is 4.79 Å². The molecule has 1 atom stereocenters. The molecule has 1 aliphatic heterocycles. The van der Waals surface area contributed by atoms with Crippen LogP contribution in [0.1, 0.15) is 0 Å². The zero-order valence-electron chi connectivity index (χ0n) is 8.16. The molecule has 1 fully saturated rings. The van der Waals surface area contributed by atoms with Crippen LogP contribution in [0.2, 0.25) is 0 Å². The Kier molecular flexibility index (Phi) is 3.70. The number of rotatable bonds is 2. The van der Waals surface area contributed by atoms with E-state index in [9.17, 15) is 9.59 Å². The molecule has 0 spiro atoms. The largest absolute Gasteiger partial charge is 0.449 e. The van der Waals surface area contributed by atoms with Crippen LogP contribution in [0.3, 0.4) is 0 Å². The number of carbonyl (C=O) groups is 2. The predicted octanol–water partition coefficient (Wildman–Crippen LogP) is -1.24. The molecule has 0 radical (unpaired) electrons. The number of nitrogens with zero attached hydrogens (tertiary/aromatic N) is 1. The van der Waals surface area contributed by atoms with E-state index in [1.165, 1.54) is 0 Å². The van der Waals surface area contributed by atoms with Gasteiger partial charge < -0.3 is 20.7 Å². The van der Waals surface area contributed by atoms with Gasteiger partial charge in [-0.05, 0) is 7.05 Å². The standard InChI is InChI=1S/C8H15N3O3/c1-11-3-2-10-7(12)6(4-11)5-14-8(9)13/h6H,2-5H2,1H3,(H2,9,13)(H,10,12). The number of nitrogens with one attached hydrogen (secondary N) is 1. The first-order valence-electron chi connectivity index (χ1n) is 4.48. The summed E-state index contributed by atoms with van der Waals surface area (Å²) >= 11 is 0. The smallest absolute Gasteiger partial charge is 0.404 e. The molecule has 1 unspecified atom stereocenters. The lowest BCUT2D eigenvalue weighted by molar-refractivity contribution is -0.125. The van der Waals surface area contributed by atoms with Gasteiger partial charge in [0.1, 0.15) is 6.61 Å². The SMILES string of the molecule is CN1CCNC(=O)C(COC(N)=O)C1. The first-order valence-corrected chi connectivity index (χ1v) is 4.48. The molecule has 6 nitrogen and oxygen atoms in total. The Balaban J connectivity index is 2.46. The highest BCUT2D eigenvalue weighted by Gasteiger charge is 2.24. The molecule has 3 N–H and O–H groups in total. The monoisotopic (exact) mass is 201 g/mol. The first-order chi connectivity index (χ1) is 6.59. The summed E-state index contributed by atoms with van der Waals surface area (Å²) < 4.78 is 4.61. The van der Waals surface area contributed by atoms with E-state index in [2.05, 4.69) is 10.1 Å². The van der Waals surface area contributed by atoms with Crippen molar-refractivity contribution in [1.82, 2.24) is 10.2 Å². The lowest BCUT2D eigenvalue weighted by Crippen LogP contribution is -2.35. The molecule has 1 saturated heterocycles. The van der Waals surface area contributed by atoms with Crippen LogP contribution in [-0.4, -0.2) is 50.2 Å². The number of hydrogen-bond acceptors (Lipinski definition) is 4. The van der Waals surface area contributed by atoms with Crippen molar-refractivity contribution in [3.63, 3.8) is 0 Å². The van der Waals surface area contributed by atoms with Crippen molar-refractivity contribution in [2.24, 2.45) is 11.7 Å². The number of hydrogen-bond donors (Lipinski definition) is 2. The summed E-state index contributed by atoms with van der Waals surface area (Å²) in [7, 11) is 1.91. The van der Waals surface area contributed by atoms with Crippen LogP contribution in [0.5, 0.6) is 0 Å². The second kappa shape index (κ2) is 4.80. The van der Waals surface area contributed by atoms with Crippen LogP contribution in [0, 0.1) is 5.92 Å². The number of likely N-dealkylation sites (N-methyl/N-ethyl adjacent to an activating group) is 1. The second-order valence-electron chi connectivity index (χ2n) is 3.38. The van der Waals surface area contributed by atoms with Gasteiger partial charge in [0.2, 0.25) is 5.91 Å². The number of amides is 2. The molecular weight excluding hydrogens is 186 g/mol. The molecule has 1 heterocycles. The Hall–Kier alpha value is -1.30. The topological polar surface area (TPSA) is 84.7 Å². The summed E-state index contributed by atoms with van der Waals surface area (Å²) in [5.41, 5.74) is 4.82. The quantitative estimate of drug-likeness (QED) is 0.585. The number of nitrogens with two attached hydrogens (primary N) is 1. The van der Waals surface area contributed by atoms with Crippen molar-refractivity contribution in [3.8, 4) is 0 Å². The van der Waals surface area contributed by atoms with Crippen LogP contribution in [0.25, 0.3) is 0 Å². The summed E-state index contributed by atoms with van der Waals surface area (Å²) in [5, 5.41) is 2.74. The van der Waals surface area contributed by atoms with Crippen molar-refractivity contribution in [1.29, 1.82) is 0 Å². The molecule has 0 aromatic carbocycles. The van der Waals surface area contributed by atoms with Gasteiger partial charge in [-0.1, -0.05) is 0 Å². The van der Waals surface area contributed by atoms with Crippen LogP contribution in [0.15, 0.2) is 0 Å². The number of ether oxygens (including phenoxy) is 1. The van der Waals surface area contributed by atoms with Crippen LogP contribution < -0.4 is 11.1 Å². The molecule has 1 rings (SSSR count). The molecule has 0 aromatic heterocycles. The zero-order valence-corrected chi connectivity index (χ0v) is 8.16. The van der Waals surface area contributed by atoms with E-state index in [1.54, 1.807) is 0 Å². The van der Waals surface area contributed by atoms with Gasteiger partial charge in [-0.15, -0.1) is 0 Å². The Labute approximate surface area is 82.4 Å². The molecule has 14 heavy (non-hydrogen) atoms. The Morgan fingerprint density at radius 1 is 1.79 bits per heavy atom. The van der Waals surface area contributed by atoms with Crippen molar-refractivity contribution in [2.75, 3.05) is 33.3 Å². The highest BCUT2D eigenvalue weighted by molar-refractivity contribution is 5.79. The van der Waals surface area contributed by atoms with Gasteiger partial charge in [-0.3, -0.25) is 4.79 Å². The van der Waals surface area contributed by atoms with E-state index in [0.29, 0.717) is 13.1 Å². The molecule has 0 saturated carbocycles. The third-order valence-corrected chi connectivity index (χ3v) is 2.12. The first kappa shape index (κ1) is 10.8. The number of carbonyl (C=O) groups excluding carboxylic acids is 2. The zero-order chi connectivity index (χ0) is 10.6. The molecular formula is C8H15N3O3. The third kappa shape index (κ3) is 3.21. The summed E-state index contributed by atoms with van der Waals surface area (Å²) in [5.74, 6) is -0.411. The maximum Gasteiger partial charge on any atom is 0.404 e. The molecule has 0 aliphatic carbocycles. The van der Waals surface area contributed by atoms with E-state index < -0.39 is 6.09 Å². The summed E-state index contributed by atoms with van der Waals surface area (Å²) in [6.45, 7) is 2.06. The van der Waals surface area contributed by atoms with Gasteiger partial charge in [0.05, 0.1) is 5.92 Å². The van der Waals surface area contributed by atoms with Gasteiger partial charge >= 0.3 is 6.09 Å². The Morgan fingerprint density at radius 3 is 3.14 bits per heavy atom. The van der Waals surface area contributed by atoms with Crippen molar-refractivity contribution in [2.45, 2.75) is 0 Å². The van der Waals surface area contributed by atoms with Gasteiger partial charge in [0, 0.05) is 19.6 Å². The van der Waals surface area contributed by atoms with Crippen molar-refractivity contribution >= 4 is 12.0 Å². The third-order valence-electron chi connectivity index (χ3n) is 2.12. The normalized spacial score (nSPS) is 23.8. The molecule has 0 bridgehead atoms. The lowest BCUT2D eigenvalue weighted by Gasteiger charge is -2.17. The fraction of sp³-hybridized carbons (Fsp3) is 0.750. The maximum absolute atomic E-state index is 11.4.